The van der Waals surface area contributed by atoms with E-state index in [2.05, 4.69) is 15.3 Å². The third-order valence-electron chi connectivity index (χ3n) is 4.39. The molecule has 0 saturated carbocycles. The Hall–Kier alpha value is -3.97. The van der Waals surface area contributed by atoms with Crippen LogP contribution < -0.4 is 5.32 Å². The molecule has 0 atom stereocenters. The Kier molecular flexibility index (Phi) is 5.28. The third-order valence-corrected chi connectivity index (χ3v) is 4.71. The van der Waals surface area contributed by atoms with Crippen molar-refractivity contribution < 1.29 is 9.72 Å². The average molecular weight is 419 g/mol. The lowest BCUT2D eigenvalue weighted by molar-refractivity contribution is -0.384. The van der Waals surface area contributed by atoms with Crippen molar-refractivity contribution >= 4 is 46.0 Å². The van der Waals surface area contributed by atoms with E-state index < -0.39 is 4.92 Å². The first-order valence-corrected chi connectivity index (χ1v) is 9.35. The predicted octanol–water partition coefficient (Wildman–Crippen LogP) is 5.44. The fraction of sp³-hybridized carbons (Fsp3) is 0. The summed E-state index contributed by atoms with van der Waals surface area (Å²) in [5.41, 5.74) is 3.52. The number of carbonyl (C=O) groups excluding carboxylic acids is 1. The Morgan fingerprint density at radius 2 is 1.93 bits per heavy atom. The van der Waals surface area contributed by atoms with Crippen LogP contribution in [0.3, 0.4) is 0 Å². The number of nitrogens with one attached hydrogen (secondary N) is 2. The molecule has 0 unspecified atom stereocenters. The second-order valence-electron chi connectivity index (χ2n) is 6.47. The van der Waals surface area contributed by atoms with Gasteiger partial charge in [-0.2, -0.15) is 0 Å². The number of fused-ring (bicyclic) bond motifs is 1. The largest absolute Gasteiger partial charge is 0.338 e. The molecule has 0 bridgehead atoms. The van der Waals surface area contributed by atoms with E-state index in [1.54, 1.807) is 12.1 Å². The lowest BCUT2D eigenvalue weighted by atomic mass is 10.1. The van der Waals surface area contributed by atoms with Crippen molar-refractivity contribution in [3.8, 4) is 11.4 Å². The molecule has 0 spiro atoms. The zero-order valence-electron chi connectivity index (χ0n) is 15.5. The minimum absolute atomic E-state index is 0.0454. The van der Waals surface area contributed by atoms with E-state index in [4.69, 9.17) is 11.6 Å². The molecule has 4 rings (SSSR count). The number of nitro benzene ring substituents is 1. The van der Waals surface area contributed by atoms with Crippen LogP contribution in [0.4, 0.5) is 11.4 Å². The van der Waals surface area contributed by atoms with Crippen molar-refractivity contribution in [2.45, 2.75) is 0 Å². The van der Waals surface area contributed by atoms with Crippen LogP contribution in [0.15, 0.2) is 72.8 Å². The van der Waals surface area contributed by atoms with Crippen LogP contribution in [0, 0.1) is 10.1 Å². The Morgan fingerprint density at radius 3 is 2.73 bits per heavy atom. The molecule has 0 fully saturated rings. The number of H-pyrrole nitrogens is 1. The highest BCUT2D eigenvalue weighted by molar-refractivity contribution is 6.32. The van der Waals surface area contributed by atoms with Gasteiger partial charge in [0.15, 0.2) is 0 Å². The number of halogens is 1. The van der Waals surface area contributed by atoms with Gasteiger partial charge in [-0.3, -0.25) is 14.9 Å². The average Bonchev–Trinajstić information content (AvgIpc) is 3.17. The molecule has 8 heteroatoms. The van der Waals surface area contributed by atoms with Gasteiger partial charge >= 0.3 is 0 Å². The minimum Gasteiger partial charge on any atom is -0.338 e. The molecule has 0 radical (unpaired) electrons. The predicted molar refractivity (Wildman–Crippen MR) is 117 cm³/mol. The van der Waals surface area contributed by atoms with Crippen LogP contribution in [0.2, 0.25) is 5.02 Å². The number of benzene rings is 3. The van der Waals surface area contributed by atoms with E-state index in [1.165, 1.54) is 24.3 Å². The van der Waals surface area contributed by atoms with Crippen LogP contribution in [0.5, 0.6) is 0 Å². The van der Waals surface area contributed by atoms with E-state index in [0.717, 1.165) is 16.6 Å². The van der Waals surface area contributed by atoms with Gasteiger partial charge in [0.1, 0.15) is 10.8 Å². The molecule has 0 aliphatic rings. The number of nitrogens with zero attached hydrogens (tertiary/aromatic N) is 2. The fourth-order valence-corrected chi connectivity index (χ4v) is 3.15. The van der Waals surface area contributed by atoms with Crippen molar-refractivity contribution in [3.63, 3.8) is 0 Å². The van der Waals surface area contributed by atoms with Gasteiger partial charge in [-0.15, -0.1) is 0 Å². The van der Waals surface area contributed by atoms with Crippen LogP contribution >= 0.6 is 11.6 Å². The summed E-state index contributed by atoms with van der Waals surface area (Å²) in [6, 6.07) is 19.4. The normalized spacial score (nSPS) is 11.1. The first-order chi connectivity index (χ1) is 14.5. The SMILES string of the molecule is O=C(/C=C/c1ccc(Cl)c([N+](=O)[O-])c1)Nc1cccc(-c2nc3ccccc3[nH]2)c1. The summed E-state index contributed by atoms with van der Waals surface area (Å²) in [6.45, 7) is 0. The highest BCUT2D eigenvalue weighted by Crippen LogP contribution is 2.26. The summed E-state index contributed by atoms with van der Waals surface area (Å²) >= 11 is 5.80. The van der Waals surface area contributed by atoms with Crippen LogP contribution in [-0.2, 0) is 4.79 Å². The minimum atomic E-state index is -0.566. The number of anilines is 1. The Balaban J connectivity index is 1.50. The van der Waals surface area contributed by atoms with Crippen LogP contribution in [-0.4, -0.2) is 20.8 Å². The maximum absolute atomic E-state index is 12.3. The van der Waals surface area contributed by atoms with Gasteiger partial charge in [0.2, 0.25) is 5.91 Å². The molecule has 2 N–H and O–H groups in total. The number of hydrogen-bond acceptors (Lipinski definition) is 4. The zero-order valence-corrected chi connectivity index (χ0v) is 16.3. The van der Waals surface area contributed by atoms with Crippen LogP contribution in [0.25, 0.3) is 28.5 Å². The molecule has 1 heterocycles. The molecule has 3 aromatic carbocycles. The van der Waals surface area contributed by atoms with E-state index in [-0.39, 0.29) is 16.6 Å². The van der Waals surface area contributed by atoms with E-state index in [9.17, 15) is 14.9 Å². The molecule has 0 aliphatic carbocycles. The summed E-state index contributed by atoms with van der Waals surface area (Å²) in [4.78, 5) is 30.5. The van der Waals surface area contributed by atoms with Gasteiger partial charge in [0.05, 0.1) is 16.0 Å². The number of rotatable bonds is 5. The summed E-state index contributed by atoms with van der Waals surface area (Å²) in [7, 11) is 0. The molecule has 148 valence electrons. The summed E-state index contributed by atoms with van der Waals surface area (Å²) in [6.07, 6.45) is 2.79. The monoisotopic (exact) mass is 418 g/mol. The van der Waals surface area contributed by atoms with Gasteiger partial charge in [-0.25, -0.2) is 4.98 Å². The zero-order chi connectivity index (χ0) is 21.1. The highest BCUT2D eigenvalue weighted by Gasteiger charge is 2.12. The fourth-order valence-electron chi connectivity index (χ4n) is 2.96. The Labute approximate surface area is 176 Å². The standard InChI is InChI=1S/C22H15ClN4O3/c23-17-10-8-14(12-20(17)27(29)30)9-11-21(28)24-16-5-3-4-15(13-16)22-25-18-6-1-2-7-19(18)26-22/h1-13H,(H,24,28)(H,25,26)/b11-9+. The maximum atomic E-state index is 12.3. The van der Waals surface area contributed by atoms with Gasteiger partial charge in [-0.05, 0) is 42.0 Å². The topological polar surface area (TPSA) is 101 Å². The lowest BCUT2D eigenvalue weighted by Gasteiger charge is -2.04. The lowest BCUT2D eigenvalue weighted by Crippen LogP contribution is -2.07. The number of carbonyl (C=O) groups is 1. The number of para-hydroxylation sites is 2. The molecule has 30 heavy (non-hydrogen) atoms. The van der Waals surface area contributed by atoms with Gasteiger partial charge in [0, 0.05) is 23.4 Å². The smallest absolute Gasteiger partial charge is 0.288 e. The first-order valence-electron chi connectivity index (χ1n) is 8.98. The number of aromatic nitrogens is 2. The number of amides is 1. The molecule has 4 aromatic rings. The molecule has 1 amide bonds. The molecular formula is C22H15ClN4O3. The molecular weight excluding hydrogens is 404 g/mol. The number of imidazole rings is 1. The van der Waals surface area contributed by atoms with Gasteiger partial charge in [0.25, 0.3) is 5.69 Å². The van der Waals surface area contributed by atoms with E-state index in [1.807, 2.05) is 42.5 Å². The molecule has 0 saturated heterocycles. The highest BCUT2D eigenvalue weighted by atomic mass is 35.5. The van der Waals surface area contributed by atoms with Gasteiger partial charge < -0.3 is 10.3 Å². The van der Waals surface area contributed by atoms with Crippen molar-refractivity contribution in [3.05, 3.63) is 93.5 Å². The third kappa shape index (κ3) is 4.21. The quantitative estimate of drug-likeness (QED) is 0.256. The van der Waals surface area contributed by atoms with Crippen LogP contribution in [0.1, 0.15) is 5.56 Å². The van der Waals surface area contributed by atoms with Crippen molar-refractivity contribution in [2.24, 2.45) is 0 Å². The van der Waals surface area contributed by atoms with E-state index >= 15 is 0 Å². The van der Waals surface area contributed by atoms with Crippen molar-refractivity contribution in [1.29, 1.82) is 0 Å². The molecule has 7 nitrogen and oxygen atoms in total. The Morgan fingerprint density at radius 1 is 1.10 bits per heavy atom. The summed E-state index contributed by atoms with van der Waals surface area (Å²) in [5.74, 6) is 0.339. The van der Waals surface area contributed by atoms with E-state index in [0.29, 0.717) is 17.1 Å². The second kappa shape index (κ2) is 8.18. The number of hydrogen-bond donors (Lipinski definition) is 2. The number of nitro groups is 1. The second-order valence-corrected chi connectivity index (χ2v) is 6.88. The van der Waals surface area contributed by atoms with Crippen molar-refractivity contribution in [1.82, 2.24) is 9.97 Å². The summed E-state index contributed by atoms with van der Waals surface area (Å²) < 4.78 is 0. The summed E-state index contributed by atoms with van der Waals surface area (Å²) in [5, 5.41) is 13.8. The Bertz CT molecular complexity index is 1260. The maximum Gasteiger partial charge on any atom is 0.288 e. The molecule has 1 aromatic heterocycles. The molecule has 0 aliphatic heterocycles. The first kappa shape index (κ1) is 19.4. The van der Waals surface area contributed by atoms with Gasteiger partial charge in [-0.1, -0.05) is 41.9 Å². The number of aromatic amines is 1. The van der Waals surface area contributed by atoms with Crippen molar-refractivity contribution in [2.75, 3.05) is 5.32 Å².